The number of nitro groups is 1. The van der Waals surface area contributed by atoms with Crippen molar-refractivity contribution in [1.29, 1.82) is 0 Å². The molecule has 0 aliphatic carbocycles. The van der Waals surface area contributed by atoms with Gasteiger partial charge in [-0.25, -0.2) is 4.98 Å². The quantitative estimate of drug-likeness (QED) is 0.643. The highest BCUT2D eigenvalue weighted by Gasteiger charge is 2.13. The second-order valence-corrected chi connectivity index (χ2v) is 3.57. The van der Waals surface area contributed by atoms with Crippen LogP contribution in [0.1, 0.15) is 5.82 Å². The molecule has 2 rings (SSSR count). The number of rotatable bonds is 2. The van der Waals surface area contributed by atoms with E-state index in [1.807, 2.05) is 0 Å². The third-order valence-corrected chi connectivity index (χ3v) is 2.31. The summed E-state index contributed by atoms with van der Waals surface area (Å²) < 4.78 is 0. The summed E-state index contributed by atoms with van der Waals surface area (Å²) in [4.78, 5) is 14.1. The maximum Gasteiger partial charge on any atom is 0.270 e. The largest absolute Gasteiger partial charge is 0.270 e. The van der Waals surface area contributed by atoms with E-state index in [9.17, 15) is 10.1 Å². The van der Waals surface area contributed by atoms with E-state index in [1.165, 1.54) is 18.2 Å². The Hall–Kier alpha value is -1.95. The molecule has 6 nitrogen and oxygen atoms in total. The van der Waals surface area contributed by atoms with Gasteiger partial charge in [-0.1, -0.05) is 11.6 Å². The molecule has 7 heteroatoms. The van der Waals surface area contributed by atoms with Crippen LogP contribution in [0.3, 0.4) is 0 Å². The molecule has 0 spiro atoms. The van der Waals surface area contributed by atoms with E-state index in [-0.39, 0.29) is 10.7 Å². The summed E-state index contributed by atoms with van der Waals surface area (Å²) in [6.45, 7) is 1.76. The van der Waals surface area contributed by atoms with Crippen LogP contribution in [-0.2, 0) is 0 Å². The fraction of sp³-hybridized carbons (Fsp3) is 0.111. The van der Waals surface area contributed by atoms with E-state index < -0.39 is 4.92 Å². The second kappa shape index (κ2) is 3.90. The van der Waals surface area contributed by atoms with Crippen LogP contribution < -0.4 is 0 Å². The molecule has 0 saturated heterocycles. The third-order valence-electron chi connectivity index (χ3n) is 2.00. The van der Waals surface area contributed by atoms with Crippen LogP contribution in [0, 0.1) is 17.0 Å². The summed E-state index contributed by atoms with van der Waals surface area (Å²) in [7, 11) is 0. The first-order valence-electron chi connectivity index (χ1n) is 4.41. The van der Waals surface area contributed by atoms with Gasteiger partial charge in [-0.05, 0) is 13.0 Å². The summed E-state index contributed by atoms with van der Waals surface area (Å²) >= 11 is 5.92. The maximum absolute atomic E-state index is 10.5. The molecule has 2 aromatic rings. The number of aryl methyl sites for hydroxylation is 1. The van der Waals surface area contributed by atoms with Gasteiger partial charge < -0.3 is 0 Å². The average Bonchev–Trinajstić information content (AvgIpc) is 2.64. The van der Waals surface area contributed by atoms with E-state index in [1.54, 1.807) is 6.92 Å². The van der Waals surface area contributed by atoms with Gasteiger partial charge in [-0.2, -0.15) is 5.10 Å². The Morgan fingerprint density at radius 1 is 1.50 bits per heavy atom. The molecular weight excluding hydrogens is 232 g/mol. The number of hydrogen-bond donors (Lipinski definition) is 1. The Labute approximate surface area is 95.4 Å². The lowest BCUT2D eigenvalue weighted by Gasteiger charge is -1.98. The number of benzene rings is 1. The molecule has 0 atom stereocenters. The van der Waals surface area contributed by atoms with Crippen LogP contribution in [0.5, 0.6) is 0 Å². The van der Waals surface area contributed by atoms with Crippen molar-refractivity contribution < 1.29 is 4.92 Å². The zero-order chi connectivity index (χ0) is 11.7. The molecule has 82 valence electrons. The van der Waals surface area contributed by atoms with Gasteiger partial charge in [0.05, 0.1) is 9.95 Å². The van der Waals surface area contributed by atoms with E-state index in [0.29, 0.717) is 17.2 Å². The van der Waals surface area contributed by atoms with Gasteiger partial charge >= 0.3 is 0 Å². The molecule has 0 aliphatic rings. The normalized spacial score (nSPS) is 10.4. The van der Waals surface area contributed by atoms with Gasteiger partial charge in [0.1, 0.15) is 5.82 Å². The van der Waals surface area contributed by atoms with Crippen molar-refractivity contribution in [2.24, 2.45) is 0 Å². The van der Waals surface area contributed by atoms with Crippen LogP contribution >= 0.6 is 11.6 Å². The van der Waals surface area contributed by atoms with Gasteiger partial charge in [-0.15, -0.1) is 0 Å². The average molecular weight is 239 g/mol. The number of nitrogens with zero attached hydrogens (tertiary/aromatic N) is 3. The standard InChI is InChI=1S/C9H7ClN4O2/c1-5-11-9(13-12-5)7-3-2-6(14(15)16)4-8(7)10/h2-4H,1H3,(H,11,12,13). The number of non-ortho nitro benzene ring substituents is 1. The summed E-state index contributed by atoms with van der Waals surface area (Å²) in [6.07, 6.45) is 0. The van der Waals surface area contributed by atoms with Crippen molar-refractivity contribution in [2.45, 2.75) is 6.92 Å². The van der Waals surface area contributed by atoms with Crippen molar-refractivity contribution in [1.82, 2.24) is 15.2 Å². The van der Waals surface area contributed by atoms with Crippen LogP contribution in [-0.4, -0.2) is 20.1 Å². The van der Waals surface area contributed by atoms with Crippen LogP contribution in [0.25, 0.3) is 11.4 Å². The van der Waals surface area contributed by atoms with E-state index in [0.717, 1.165) is 0 Å². The van der Waals surface area contributed by atoms with E-state index in [4.69, 9.17) is 11.6 Å². The molecule has 1 aromatic carbocycles. The smallest absolute Gasteiger partial charge is 0.263 e. The molecule has 0 fully saturated rings. The highest BCUT2D eigenvalue weighted by molar-refractivity contribution is 6.33. The zero-order valence-corrected chi connectivity index (χ0v) is 9.02. The van der Waals surface area contributed by atoms with Crippen LogP contribution in [0.2, 0.25) is 5.02 Å². The Bertz CT molecular complexity index is 552. The predicted octanol–water partition coefficient (Wildman–Crippen LogP) is 2.34. The van der Waals surface area contributed by atoms with Crippen molar-refractivity contribution in [3.63, 3.8) is 0 Å². The highest BCUT2D eigenvalue weighted by Crippen LogP contribution is 2.28. The van der Waals surface area contributed by atoms with Crippen molar-refractivity contribution in [2.75, 3.05) is 0 Å². The van der Waals surface area contributed by atoms with Gasteiger partial charge in [0, 0.05) is 17.7 Å². The maximum atomic E-state index is 10.5. The number of nitrogens with one attached hydrogen (secondary N) is 1. The second-order valence-electron chi connectivity index (χ2n) is 3.17. The van der Waals surface area contributed by atoms with E-state index in [2.05, 4.69) is 15.2 Å². The minimum absolute atomic E-state index is 0.0546. The van der Waals surface area contributed by atoms with Crippen molar-refractivity contribution >= 4 is 17.3 Å². The molecule has 0 bridgehead atoms. The molecule has 0 radical (unpaired) electrons. The Balaban J connectivity index is 2.47. The van der Waals surface area contributed by atoms with Crippen LogP contribution in [0.15, 0.2) is 18.2 Å². The van der Waals surface area contributed by atoms with Crippen LogP contribution in [0.4, 0.5) is 5.69 Å². The van der Waals surface area contributed by atoms with Crippen molar-refractivity contribution in [3.8, 4) is 11.4 Å². The first kappa shape index (κ1) is 10.6. The summed E-state index contributed by atoms with van der Waals surface area (Å²) in [5.41, 5.74) is 0.512. The SMILES string of the molecule is Cc1nc(-c2ccc([N+](=O)[O-])cc2Cl)n[nH]1. The number of aromatic amines is 1. The monoisotopic (exact) mass is 238 g/mol. The predicted molar refractivity (Wildman–Crippen MR) is 58.2 cm³/mol. The topological polar surface area (TPSA) is 84.7 Å². The highest BCUT2D eigenvalue weighted by atomic mass is 35.5. The summed E-state index contributed by atoms with van der Waals surface area (Å²) in [6, 6.07) is 4.18. The Morgan fingerprint density at radius 2 is 2.25 bits per heavy atom. The molecule has 0 unspecified atom stereocenters. The minimum atomic E-state index is -0.501. The van der Waals surface area contributed by atoms with Gasteiger partial charge in [0.15, 0.2) is 5.82 Å². The number of hydrogen-bond acceptors (Lipinski definition) is 4. The summed E-state index contributed by atoms with van der Waals surface area (Å²) in [5.74, 6) is 1.09. The Morgan fingerprint density at radius 3 is 2.75 bits per heavy atom. The third kappa shape index (κ3) is 1.87. The number of aromatic nitrogens is 3. The van der Waals surface area contributed by atoms with Gasteiger partial charge in [-0.3, -0.25) is 15.2 Å². The molecule has 1 aromatic heterocycles. The number of nitro benzene ring substituents is 1. The number of H-pyrrole nitrogens is 1. The molecule has 0 amide bonds. The minimum Gasteiger partial charge on any atom is -0.263 e. The molecule has 0 aliphatic heterocycles. The molecular formula is C9H7ClN4O2. The molecule has 1 N–H and O–H groups in total. The van der Waals surface area contributed by atoms with E-state index >= 15 is 0 Å². The summed E-state index contributed by atoms with van der Waals surface area (Å²) in [5, 5.41) is 17.4. The lowest BCUT2D eigenvalue weighted by Crippen LogP contribution is -1.89. The molecule has 0 saturated carbocycles. The zero-order valence-electron chi connectivity index (χ0n) is 8.27. The van der Waals surface area contributed by atoms with Crippen molar-refractivity contribution in [3.05, 3.63) is 39.2 Å². The molecule has 1 heterocycles. The first-order valence-corrected chi connectivity index (χ1v) is 4.79. The fourth-order valence-corrected chi connectivity index (χ4v) is 1.52. The lowest BCUT2D eigenvalue weighted by molar-refractivity contribution is -0.384. The molecule has 16 heavy (non-hydrogen) atoms. The fourth-order valence-electron chi connectivity index (χ4n) is 1.26. The first-order chi connectivity index (χ1) is 7.58. The van der Waals surface area contributed by atoms with Gasteiger partial charge in [0.25, 0.3) is 5.69 Å². The Kier molecular flexibility index (Phi) is 2.57. The lowest BCUT2D eigenvalue weighted by atomic mass is 10.2. The number of halogens is 1. The van der Waals surface area contributed by atoms with Gasteiger partial charge in [0.2, 0.25) is 0 Å².